The number of hydrogen-bond donors (Lipinski definition) is 3. The van der Waals surface area contributed by atoms with Crippen LogP contribution in [-0.4, -0.2) is 41.9 Å². The summed E-state index contributed by atoms with van der Waals surface area (Å²) in [5, 5.41) is 13.2. The van der Waals surface area contributed by atoms with E-state index < -0.39 is 28.0 Å². The van der Waals surface area contributed by atoms with Gasteiger partial charge < -0.3 is 10.4 Å². The summed E-state index contributed by atoms with van der Waals surface area (Å²) in [6, 6.07) is -1.08. The van der Waals surface area contributed by atoms with Crippen LogP contribution in [0.1, 0.15) is 239 Å². The van der Waals surface area contributed by atoms with E-state index >= 15 is 0 Å². The summed E-state index contributed by atoms with van der Waals surface area (Å²) in [4.78, 5) is 12.5. The molecule has 54 heavy (non-hydrogen) atoms. The standard InChI is InChI=1S/C47H89NO5S/c1-3-5-7-9-11-13-15-17-19-21-23-24-25-26-28-30-32-34-36-38-40-42-46(49)45(44-54(51,52)53)48-47(50)43-41-39-37-35-33-31-29-27-22-20-18-16-14-12-10-8-6-4-2/h25-26,32,34,40,42,45-46,49H,3-24,27-31,33,35-39,41,43-44H2,1-2H3,(H,48,50)(H,51,52,53)/b26-25+,34-32+,42-40+. The van der Waals surface area contributed by atoms with Crippen LogP contribution in [-0.2, 0) is 14.9 Å². The zero-order valence-corrected chi connectivity index (χ0v) is 36.4. The molecule has 6 nitrogen and oxygen atoms in total. The number of carbonyl (C=O) groups is 1. The van der Waals surface area contributed by atoms with Gasteiger partial charge in [-0.2, -0.15) is 8.42 Å². The first kappa shape index (κ1) is 52.6. The van der Waals surface area contributed by atoms with Crippen LogP contribution in [0.15, 0.2) is 36.5 Å². The van der Waals surface area contributed by atoms with E-state index in [2.05, 4.69) is 43.5 Å². The third kappa shape index (κ3) is 41.7. The maximum Gasteiger partial charge on any atom is 0.267 e. The molecule has 0 aromatic rings. The van der Waals surface area contributed by atoms with Crippen LogP contribution in [0.25, 0.3) is 0 Å². The molecule has 0 saturated heterocycles. The quantitative estimate of drug-likeness (QED) is 0.0325. The number of aliphatic hydroxyl groups excluding tert-OH is 1. The molecule has 0 aliphatic carbocycles. The Morgan fingerprint density at radius 2 is 0.796 bits per heavy atom. The molecule has 1 amide bonds. The molecule has 318 valence electrons. The Kier molecular flexibility index (Phi) is 40.1. The molecule has 0 spiro atoms. The van der Waals surface area contributed by atoms with Crippen LogP contribution in [0.4, 0.5) is 0 Å². The predicted molar refractivity (Wildman–Crippen MR) is 235 cm³/mol. The van der Waals surface area contributed by atoms with Crippen molar-refractivity contribution in [3.05, 3.63) is 36.5 Å². The van der Waals surface area contributed by atoms with E-state index in [4.69, 9.17) is 0 Å². The topological polar surface area (TPSA) is 104 Å². The van der Waals surface area contributed by atoms with Crippen molar-refractivity contribution in [1.82, 2.24) is 5.32 Å². The molecule has 0 aliphatic rings. The molecule has 7 heteroatoms. The summed E-state index contributed by atoms with van der Waals surface area (Å²) in [7, 11) is -4.36. The Hall–Kier alpha value is -1.44. The molecular weight excluding hydrogens is 691 g/mol. The van der Waals surface area contributed by atoms with Crippen molar-refractivity contribution in [2.75, 3.05) is 5.75 Å². The average Bonchev–Trinajstić information content (AvgIpc) is 3.14. The fourth-order valence-corrected chi connectivity index (χ4v) is 7.81. The molecule has 0 saturated carbocycles. The van der Waals surface area contributed by atoms with Gasteiger partial charge in [0, 0.05) is 6.42 Å². The fraction of sp³-hybridized carbons (Fsp3) is 0.851. The minimum Gasteiger partial charge on any atom is -0.387 e. The van der Waals surface area contributed by atoms with Crippen LogP contribution < -0.4 is 5.32 Å². The number of unbranched alkanes of at least 4 members (excludes halogenated alkanes) is 30. The molecule has 0 fully saturated rings. The molecule has 0 aliphatic heterocycles. The van der Waals surface area contributed by atoms with Gasteiger partial charge in [0.15, 0.2) is 0 Å². The van der Waals surface area contributed by atoms with Gasteiger partial charge in [0.2, 0.25) is 5.91 Å². The molecule has 2 unspecified atom stereocenters. The Morgan fingerprint density at radius 3 is 1.17 bits per heavy atom. The van der Waals surface area contributed by atoms with Crippen LogP contribution in [0.5, 0.6) is 0 Å². The van der Waals surface area contributed by atoms with Gasteiger partial charge in [0.25, 0.3) is 10.1 Å². The molecule has 3 N–H and O–H groups in total. The van der Waals surface area contributed by atoms with Gasteiger partial charge in [-0.05, 0) is 44.9 Å². The summed E-state index contributed by atoms with van der Waals surface area (Å²) in [6.07, 6.45) is 54.3. The lowest BCUT2D eigenvalue weighted by Gasteiger charge is -2.21. The summed E-state index contributed by atoms with van der Waals surface area (Å²) < 4.78 is 32.6. The molecule has 0 radical (unpaired) electrons. The van der Waals surface area contributed by atoms with E-state index in [1.165, 1.54) is 179 Å². The zero-order chi connectivity index (χ0) is 39.6. The van der Waals surface area contributed by atoms with Gasteiger partial charge in [-0.25, -0.2) is 0 Å². The molecule has 0 rings (SSSR count). The van der Waals surface area contributed by atoms with E-state index in [9.17, 15) is 22.9 Å². The van der Waals surface area contributed by atoms with Gasteiger partial charge in [0.05, 0.1) is 17.9 Å². The van der Waals surface area contributed by atoms with Crippen molar-refractivity contribution < 1.29 is 22.9 Å². The van der Waals surface area contributed by atoms with Crippen LogP contribution in [0.2, 0.25) is 0 Å². The molecule has 0 bridgehead atoms. The van der Waals surface area contributed by atoms with Crippen molar-refractivity contribution in [2.24, 2.45) is 0 Å². The van der Waals surface area contributed by atoms with Crippen molar-refractivity contribution in [3.63, 3.8) is 0 Å². The summed E-state index contributed by atoms with van der Waals surface area (Å²) in [5.41, 5.74) is 0. The third-order valence-corrected chi connectivity index (χ3v) is 11.3. The van der Waals surface area contributed by atoms with E-state index in [1.54, 1.807) is 0 Å². The first-order chi connectivity index (χ1) is 26.3. The Labute approximate surface area is 336 Å². The highest BCUT2D eigenvalue weighted by atomic mass is 32.2. The van der Waals surface area contributed by atoms with Gasteiger partial charge in [-0.15, -0.1) is 0 Å². The highest BCUT2D eigenvalue weighted by Crippen LogP contribution is 2.16. The fourth-order valence-electron chi connectivity index (χ4n) is 7.07. The normalized spacial score (nSPS) is 13.5. The maximum atomic E-state index is 12.5. The number of aliphatic hydroxyl groups is 1. The number of nitrogens with one attached hydrogen (secondary N) is 1. The number of allylic oxidation sites excluding steroid dienone is 5. The lowest BCUT2D eigenvalue weighted by atomic mass is 10.0. The van der Waals surface area contributed by atoms with Crippen molar-refractivity contribution in [2.45, 2.75) is 251 Å². The summed E-state index contributed by atoms with van der Waals surface area (Å²) in [6.45, 7) is 4.54. The van der Waals surface area contributed by atoms with Gasteiger partial charge >= 0.3 is 0 Å². The number of amides is 1. The largest absolute Gasteiger partial charge is 0.387 e. The second kappa shape index (κ2) is 41.2. The molecule has 2 atom stereocenters. The minimum absolute atomic E-state index is 0.288. The monoisotopic (exact) mass is 780 g/mol. The van der Waals surface area contributed by atoms with Gasteiger partial charge in [0.1, 0.15) is 0 Å². The lowest BCUT2D eigenvalue weighted by Crippen LogP contribution is -2.46. The lowest BCUT2D eigenvalue weighted by molar-refractivity contribution is -0.122. The maximum absolute atomic E-state index is 12.5. The molecule has 0 aromatic carbocycles. The molecular formula is C47H89NO5S. The average molecular weight is 780 g/mol. The Balaban J connectivity index is 3.91. The zero-order valence-electron chi connectivity index (χ0n) is 35.6. The SMILES string of the molecule is CCCCCCCCCCCCC/C=C/CC/C=C/CC/C=C/C(O)C(CS(=O)(=O)O)NC(=O)CCCCCCCCCCCCCCCCCCCC. The van der Waals surface area contributed by atoms with E-state index in [0.29, 0.717) is 6.42 Å². The van der Waals surface area contributed by atoms with Gasteiger partial charge in [-0.3, -0.25) is 9.35 Å². The van der Waals surface area contributed by atoms with Crippen molar-refractivity contribution >= 4 is 16.0 Å². The summed E-state index contributed by atoms with van der Waals surface area (Å²) >= 11 is 0. The third-order valence-electron chi connectivity index (χ3n) is 10.5. The molecule has 0 aromatic heterocycles. The predicted octanol–water partition coefficient (Wildman–Crippen LogP) is 14.1. The number of hydrogen-bond acceptors (Lipinski definition) is 4. The second-order valence-corrected chi connectivity index (χ2v) is 17.5. The van der Waals surface area contributed by atoms with Crippen molar-refractivity contribution in [3.8, 4) is 0 Å². The first-order valence-electron chi connectivity index (χ1n) is 23.2. The smallest absolute Gasteiger partial charge is 0.267 e. The second-order valence-electron chi connectivity index (χ2n) is 16.0. The summed E-state index contributed by atoms with van der Waals surface area (Å²) in [5.74, 6) is -1.00. The van der Waals surface area contributed by atoms with E-state index in [0.717, 1.165) is 38.5 Å². The van der Waals surface area contributed by atoms with Crippen LogP contribution in [0, 0.1) is 0 Å². The molecule has 0 heterocycles. The van der Waals surface area contributed by atoms with Gasteiger partial charge in [-0.1, -0.05) is 224 Å². The van der Waals surface area contributed by atoms with Crippen molar-refractivity contribution in [1.29, 1.82) is 0 Å². The minimum atomic E-state index is -4.36. The van der Waals surface area contributed by atoms with Crippen LogP contribution >= 0.6 is 0 Å². The highest BCUT2D eigenvalue weighted by Gasteiger charge is 2.24. The van der Waals surface area contributed by atoms with E-state index in [-0.39, 0.29) is 12.3 Å². The van der Waals surface area contributed by atoms with Crippen LogP contribution in [0.3, 0.4) is 0 Å². The first-order valence-corrected chi connectivity index (χ1v) is 24.8. The highest BCUT2D eigenvalue weighted by molar-refractivity contribution is 7.85. The number of rotatable bonds is 42. The number of carbonyl (C=O) groups excluding carboxylic acids is 1. The van der Waals surface area contributed by atoms with E-state index in [1.807, 2.05) is 6.08 Å². The Morgan fingerprint density at radius 1 is 0.481 bits per heavy atom. The Bertz CT molecular complexity index is 992.